The Hall–Kier alpha value is 0.813. The maximum atomic E-state index is 10.0. The summed E-state index contributed by atoms with van der Waals surface area (Å²) in [5.41, 5.74) is 0. The van der Waals surface area contributed by atoms with Crippen molar-refractivity contribution in [2.75, 3.05) is 12.4 Å². The Morgan fingerprint density at radius 3 is 2.25 bits per heavy atom. The van der Waals surface area contributed by atoms with Gasteiger partial charge in [0, 0.05) is 30.8 Å². The number of rotatable bonds is 5. The fourth-order valence-corrected chi connectivity index (χ4v) is 1.15. The van der Waals surface area contributed by atoms with Crippen molar-refractivity contribution in [2.24, 2.45) is 0 Å². The molecule has 2 N–H and O–H groups in total. The Bertz CT molecular complexity index is 225. The molecule has 0 fully saturated rings. The minimum absolute atomic E-state index is 0. The van der Waals surface area contributed by atoms with Crippen LogP contribution in [-0.4, -0.2) is 30.2 Å². The smallest absolute Gasteiger partial charge is 0.286 e. The molecule has 0 amide bonds. The van der Waals surface area contributed by atoms with Gasteiger partial charge < -0.3 is 0 Å². The van der Waals surface area contributed by atoms with E-state index in [1.807, 2.05) is 0 Å². The first kappa shape index (κ1) is 15.3. The predicted molar refractivity (Wildman–Crippen MR) is 36.8 cm³/mol. The molecule has 0 aliphatic heterocycles. The van der Waals surface area contributed by atoms with Crippen molar-refractivity contribution in [3.8, 4) is 0 Å². The van der Waals surface area contributed by atoms with E-state index in [4.69, 9.17) is 9.45 Å². The third-order valence-electron chi connectivity index (χ3n) is 0.748. The molecule has 6 nitrogen and oxygen atoms in total. The molecular weight excluding hydrogens is 286 g/mol. The van der Waals surface area contributed by atoms with Crippen molar-refractivity contribution in [1.29, 1.82) is 0 Å². The standard InChI is InChI=1S/C3H7O6PS.Zr/c4-10(5)9-2-1-3-11(6,7)8;/h1-3H2,(H-,4,5,6,7,8);/p+1. The van der Waals surface area contributed by atoms with Crippen molar-refractivity contribution in [3.63, 3.8) is 0 Å². The van der Waals surface area contributed by atoms with Gasteiger partial charge in [0.15, 0.2) is 0 Å². The molecule has 0 radical (unpaired) electrons. The van der Waals surface area contributed by atoms with Crippen LogP contribution in [-0.2, 0) is 45.4 Å². The largest absolute Gasteiger partial charge is 0.694 e. The van der Waals surface area contributed by atoms with Gasteiger partial charge in [0.05, 0.1) is 5.75 Å². The second kappa shape index (κ2) is 7.24. The fraction of sp³-hybridized carbons (Fsp3) is 1.00. The molecule has 70 valence electrons. The molecule has 1 atom stereocenters. The minimum atomic E-state index is -3.98. The molecule has 0 saturated carbocycles. The zero-order valence-electron chi connectivity index (χ0n) is 6.00. The van der Waals surface area contributed by atoms with Crippen LogP contribution in [0.3, 0.4) is 0 Å². The van der Waals surface area contributed by atoms with E-state index in [1.165, 1.54) is 0 Å². The molecule has 0 aromatic carbocycles. The maximum absolute atomic E-state index is 10.0. The summed E-state index contributed by atoms with van der Waals surface area (Å²) in [6, 6.07) is 0. The van der Waals surface area contributed by atoms with Crippen LogP contribution in [0.15, 0.2) is 0 Å². The summed E-state index contributed by atoms with van der Waals surface area (Å²) in [7, 11) is -6.65. The van der Waals surface area contributed by atoms with Gasteiger partial charge >= 0.3 is 8.25 Å². The summed E-state index contributed by atoms with van der Waals surface area (Å²) in [6.45, 7) is -0.161. The van der Waals surface area contributed by atoms with Crippen LogP contribution in [0.4, 0.5) is 0 Å². The predicted octanol–water partition coefficient (Wildman–Crippen LogP) is -0.0719. The zero-order valence-corrected chi connectivity index (χ0v) is 10.2. The molecule has 0 rings (SSSR count). The van der Waals surface area contributed by atoms with E-state index in [9.17, 15) is 13.0 Å². The van der Waals surface area contributed by atoms with E-state index in [0.29, 0.717) is 0 Å². The van der Waals surface area contributed by atoms with Gasteiger partial charge in [-0.25, -0.2) is 0 Å². The van der Waals surface area contributed by atoms with Crippen LogP contribution in [0.1, 0.15) is 6.42 Å². The average Bonchev–Trinajstić information content (AvgIpc) is 1.78. The molecule has 0 bridgehead atoms. The van der Waals surface area contributed by atoms with Crippen molar-refractivity contribution in [1.82, 2.24) is 0 Å². The summed E-state index contributed by atoms with van der Waals surface area (Å²) >= 11 is 0. The fourth-order valence-electron chi connectivity index (χ4n) is 0.384. The summed E-state index contributed by atoms with van der Waals surface area (Å²) in [5.74, 6) is -0.462. The third kappa shape index (κ3) is 13.4. The van der Waals surface area contributed by atoms with E-state index in [0.717, 1.165) is 0 Å². The molecule has 0 heterocycles. The molecule has 0 spiro atoms. The summed E-state index contributed by atoms with van der Waals surface area (Å²) in [4.78, 5) is 8.06. The van der Waals surface area contributed by atoms with Gasteiger partial charge in [0.2, 0.25) is 0 Å². The van der Waals surface area contributed by atoms with Crippen molar-refractivity contribution >= 4 is 18.4 Å². The molecule has 12 heavy (non-hydrogen) atoms. The first-order valence-electron chi connectivity index (χ1n) is 2.66. The Morgan fingerprint density at radius 2 is 1.92 bits per heavy atom. The molecule has 0 aliphatic carbocycles. The molecule has 0 aliphatic rings. The van der Waals surface area contributed by atoms with Gasteiger partial charge in [-0.3, -0.25) is 4.55 Å². The van der Waals surface area contributed by atoms with E-state index in [1.54, 1.807) is 0 Å². The van der Waals surface area contributed by atoms with Gasteiger partial charge in [-0.15, -0.1) is 9.42 Å². The molecule has 9 heteroatoms. The minimum Gasteiger partial charge on any atom is -0.286 e. The third-order valence-corrected chi connectivity index (χ3v) is 1.96. The van der Waals surface area contributed by atoms with Crippen LogP contribution >= 0.6 is 8.25 Å². The van der Waals surface area contributed by atoms with E-state index < -0.39 is 24.1 Å². The van der Waals surface area contributed by atoms with Crippen LogP contribution in [0.5, 0.6) is 0 Å². The molecule has 0 aromatic heterocycles. The Labute approximate surface area is 90.1 Å². The van der Waals surface area contributed by atoms with E-state index in [2.05, 4.69) is 4.52 Å². The summed E-state index contributed by atoms with van der Waals surface area (Å²) < 4.78 is 42.2. The van der Waals surface area contributed by atoms with Crippen molar-refractivity contribution < 1.29 is 53.2 Å². The normalized spacial score (nSPS) is 12.0. The molecule has 1 unspecified atom stereocenters. The van der Waals surface area contributed by atoms with Crippen LogP contribution in [0.25, 0.3) is 0 Å². The van der Waals surface area contributed by atoms with Gasteiger partial charge in [-0.2, -0.15) is 8.42 Å². The van der Waals surface area contributed by atoms with Crippen molar-refractivity contribution in [2.45, 2.75) is 6.42 Å². The Balaban J connectivity index is 0. The van der Waals surface area contributed by atoms with Gasteiger partial charge in [0.25, 0.3) is 10.1 Å². The second-order valence-corrected chi connectivity index (χ2v) is 4.02. The molecule has 0 saturated heterocycles. The first-order valence-corrected chi connectivity index (χ1v) is 5.40. The SMILES string of the molecule is O=[P+](O)OCCCS(=O)(=O)O.[Zr]. The monoisotopic (exact) mass is 293 g/mol. The number of hydrogen-bond acceptors (Lipinski definition) is 4. The average molecular weight is 294 g/mol. The summed E-state index contributed by atoms with van der Waals surface area (Å²) in [6.07, 6.45) is 0.000463. The van der Waals surface area contributed by atoms with Crippen LogP contribution in [0.2, 0.25) is 0 Å². The maximum Gasteiger partial charge on any atom is 0.694 e. The van der Waals surface area contributed by atoms with Gasteiger partial charge in [0.1, 0.15) is 6.61 Å². The Morgan fingerprint density at radius 1 is 1.42 bits per heavy atom. The first-order chi connectivity index (χ1) is 4.92. The van der Waals surface area contributed by atoms with Gasteiger partial charge in [-0.05, 0) is 6.42 Å². The van der Waals surface area contributed by atoms with Crippen molar-refractivity contribution in [3.05, 3.63) is 0 Å². The zero-order chi connectivity index (χ0) is 8.91. The number of hydrogen-bond donors (Lipinski definition) is 2. The molecule has 0 aromatic rings. The van der Waals surface area contributed by atoms with E-state index in [-0.39, 0.29) is 39.2 Å². The van der Waals surface area contributed by atoms with E-state index >= 15 is 0 Å². The quantitative estimate of drug-likeness (QED) is 0.418. The second-order valence-electron chi connectivity index (χ2n) is 1.71. The molecular formula is C3H8O6PSZr+. The topological polar surface area (TPSA) is 101 Å². The van der Waals surface area contributed by atoms with Gasteiger partial charge in [-0.1, -0.05) is 0 Å². The van der Waals surface area contributed by atoms with Crippen LogP contribution in [0, 0.1) is 0 Å². The Kier molecular flexibility index (Phi) is 9.23. The summed E-state index contributed by atoms with van der Waals surface area (Å²) in [5, 5.41) is 0. The van der Waals surface area contributed by atoms with Crippen LogP contribution < -0.4 is 0 Å².